The molecule has 5 heteroatoms. The van der Waals surface area contributed by atoms with E-state index in [-0.39, 0.29) is 0 Å². The van der Waals surface area contributed by atoms with E-state index in [1.165, 1.54) is 0 Å². The van der Waals surface area contributed by atoms with Crippen LogP contribution in [0.2, 0.25) is 5.02 Å². The van der Waals surface area contributed by atoms with Gasteiger partial charge < -0.3 is 9.84 Å². The normalized spacial score (nSPS) is 10.8. The zero-order valence-corrected chi connectivity index (χ0v) is 11.7. The molecular formula is C12H12BrClN2O. The van der Waals surface area contributed by atoms with E-state index in [1.54, 1.807) is 0 Å². The number of aryl methyl sites for hydroxylation is 1. The summed E-state index contributed by atoms with van der Waals surface area (Å²) in [6.45, 7) is 3.32. The van der Waals surface area contributed by atoms with Crippen molar-refractivity contribution in [2.24, 2.45) is 0 Å². The number of benzene rings is 1. The van der Waals surface area contributed by atoms with Gasteiger partial charge in [0.25, 0.3) is 0 Å². The van der Waals surface area contributed by atoms with Gasteiger partial charge in [0.05, 0.1) is 5.69 Å². The van der Waals surface area contributed by atoms with Crippen molar-refractivity contribution >= 4 is 27.5 Å². The Morgan fingerprint density at radius 3 is 2.82 bits per heavy atom. The Morgan fingerprint density at radius 2 is 2.18 bits per heavy atom. The minimum absolute atomic E-state index is 0.687. The molecule has 2 aromatic rings. The Morgan fingerprint density at radius 1 is 1.35 bits per heavy atom. The van der Waals surface area contributed by atoms with Crippen molar-refractivity contribution < 1.29 is 4.52 Å². The standard InChI is InChI=1S/C12H12BrClN2O/c1-8-4-11(16-17-8)7-15-6-9-2-3-10(14)5-12(9)13/h2-5,15H,6-7H2,1H3. The van der Waals surface area contributed by atoms with Crippen molar-refractivity contribution in [1.29, 1.82) is 0 Å². The highest BCUT2D eigenvalue weighted by atomic mass is 79.9. The molecule has 1 heterocycles. The Labute approximate surface area is 113 Å². The zero-order chi connectivity index (χ0) is 12.3. The van der Waals surface area contributed by atoms with Gasteiger partial charge in [-0.15, -0.1) is 0 Å². The number of halogens is 2. The lowest BCUT2D eigenvalue weighted by Crippen LogP contribution is -2.13. The van der Waals surface area contributed by atoms with Gasteiger partial charge in [-0.2, -0.15) is 0 Å². The highest BCUT2D eigenvalue weighted by Gasteiger charge is 2.02. The fourth-order valence-electron chi connectivity index (χ4n) is 1.49. The van der Waals surface area contributed by atoms with E-state index in [0.717, 1.165) is 33.1 Å². The first-order valence-corrected chi connectivity index (χ1v) is 6.39. The largest absolute Gasteiger partial charge is 0.361 e. The lowest BCUT2D eigenvalue weighted by Gasteiger charge is -2.05. The van der Waals surface area contributed by atoms with Crippen LogP contribution in [-0.2, 0) is 13.1 Å². The van der Waals surface area contributed by atoms with Crippen LogP contribution < -0.4 is 5.32 Å². The Bertz CT molecular complexity index is 513. The van der Waals surface area contributed by atoms with Crippen LogP contribution in [0, 0.1) is 6.92 Å². The van der Waals surface area contributed by atoms with Gasteiger partial charge in [-0.1, -0.05) is 38.8 Å². The predicted molar refractivity (Wildman–Crippen MR) is 70.9 cm³/mol. The number of hydrogen-bond acceptors (Lipinski definition) is 3. The second kappa shape index (κ2) is 5.67. The van der Waals surface area contributed by atoms with E-state index in [4.69, 9.17) is 16.1 Å². The molecule has 0 saturated heterocycles. The molecular weight excluding hydrogens is 304 g/mol. The van der Waals surface area contributed by atoms with Crippen LogP contribution in [0.15, 0.2) is 33.3 Å². The maximum Gasteiger partial charge on any atom is 0.133 e. The molecule has 0 spiro atoms. The summed E-state index contributed by atoms with van der Waals surface area (Å²) >= 11 is 9.36. The molecule has 1 aromatic carbocycles. The van der Waals surface area contributed by atoms with E-state index >= 15 is 0 Å². The smallest absolute Gasteiger partial charge is 0.133 e. The molecule has 0 radical (unpaired) electrons. The monoisotopic (exact) mass is 314 g/mol. The van der Waals surface area contributed by atoms with Crippen LogP contribution in [0.25, 0.3) is 0 Å². The van der Waals surface area contributed by atoms with Crippen molar-refractivity contribution in [3.05, 3.63) is 50.8 Å². The third kappa shape index (κ3) is 3.56. The van der Waals surface area contributed by atoms with Crippen molar-refractivity contribution in [2.45, 2.75) is 20.0 Å². The summed E-state index contributed by atoms with van der Waals surface area (Å²) in [5, 5.41) is 7.94. The number of rotatable bonds is 4. The Balaban J connectivity index is 1.90. The van der Waals surface area contributed by atoms with Gasteiger partial charge in [-0.05, 0) is 24.6 Å². The second-order valence-corrected chi connectivity index (χ2v) is 5.06. The summed E-state index contributed by atoms with van der Waals surface area (Å²) in [6, 6.07) is 7.68. The van der Waals surface area contributed by atoms with E-state index in [0.29, 0.717) is 6.54 Å². The Kier molecular flexibility index (Phi) is 4.20. The Hall–Kier alpha value is -0.840. The number of hydrogen-bond donors (Lipinski definition) is 1. The van der Waals surface area contributed by atoms with Gasteiger partial charge >= 0.3 is 0 Å². The fourth-order valence-corrected chi connectivity index (χ4v) is 2.31. The van der Waals surface area contributed by atoms with Gasteiger partial charge in [0.1, 0.15) is 5.76 Å². The molecule has 2 rings (SSSR count). The zero-order valence-electron chi connectivity index (χ0n) is 9.34. The SMILES string of the molecule is Cc1cc(CNCc2ccc(Cl)cc2Br)no1. The summed E-state index contributed by atoms with van der Waals surface area (Å²) < 4.78 is 6.00. The quantitative estimate of drug-likeness (QED) is 0.935. The molecule has 17 heavy (non-hydrogen) atoms. The van der Waals surface area contributed by atoms with Crippen LogP contribution in [0.3, 0.4) is 0 Å². The van der Waals surface area contributed by atoms with Crippen LogP contribution >= 0.6 is 27.5 Å². The average Bonchev–Trinajstić information content (AvgIpc) is 2.68. The maximum absolute atomic E-state index is 5.88. The summed E-state index contributed by atoms with van der Waals surface area (Å²) in [7, 11) is 0. The first kappa shape index (κ1) is 12.6. The van der Waals surface area contributed by atoms with Gasteiger partial charge in [0.2, 0.25) is 0 Å². The highest BCUT2D eigenvalue weighted by Crippen LogP contribution is 2.21. The van der Waals surface area contributed by atoms with Crippen LogP contribution in [0.5, 0.6) is 0 Å². The molecule has 0 bridgehead atoms. The first-order chi connectivity index (χ1) is 8.15. The topological polar surface area (TPSA) is 38.1 Å². The van der Waals surface area contributed by atoms with Crippen molar-refractivity contribution in [1.82, 2.24) is 10.5 Å². The molecule has 1 aromatic heterocycles. The highest BCUT2D eigenvalue weighted by molar-refractivity contribution is 9.10. The van der Waals surface area contributed by atoms with Crippen molar-refractivity contribution in [3.63, 3.8) is 0 Å². The fraction of sp³-hybridized carbons (Fsp3) is 0.250. The van der Waals surface area contributed by atoms with Crippen LogP contribution in [-0.4, -0.2) is 5.16 Å². The van der Waals surface area contributed by atoms with E-state index < -0.39 is 0 Å². The predicted octanol–water partition coefficient (Wildman–Crippen LogP) is 3.69. The minimum Gasteiger partial charge on any atom is -0.361 e. The molecule has 0 atom stereocenters. The summed E-state index contributed by atoms with van der Waals surface area (Å²) in [4.78, 5) is 0. The third-order valence-corrected chi connectivity index (χ3v) is 3.29. The van der Waals surface area contributed by atoms with Gasteiger partial charge in [-0.25, -0.2) is 0 Å². The lowest BCUT2D eigenvalue weighted by atomic mass is 10.2. The number of aromatic nitrogens is 1. The lowest BCUT2D eigenvalue weighted by molar-refractivity contribution is 0.388. The molecule has 0 aliphatic rings. The number of nitrogens with zero attached hydrogens (tertiary/aromatic N) is 1. The minimum atomic E-state index is 0.687. The average molecular weight is 316 g/mol. The van der Waals surface area contributed by atoms with Crippen molar-refractivity contribution in [3.8, 4) is 0 Å². The summed E-state index contributed by atoms with van der Waals surface area (Å²) in [5.74, 6) is 0.828. The van der Waals surface area contributed by atoms with Gasteiger partial charge in [0, 0.05) is 28.7 Å². The van der Waals surface area contributed by atoms with Crippen molar-refractivity contribution in [2.75, 3.05) is 0 Å². The van der Waals surface area contributed by atoms with E-state index in [2.05, 4.69) is 26.4 Å². The molecule has 0 unspecified atom stereocenters. The van der Waals surface area contributed by atoms with Crippen LogP contribution in [0.4, 0.5) is 0 Å². The summed E-state index contributed by atoms with van der Waals surface area (Å²) in [5.41, 5.74) is 2.07. The molecule has 3 nitrogen and oxygen atoms in total. The van der Waals surface area contributed by atoms with E-state index in [1.807, 2.05) is 31.2 Å². The summed E-state index contributed by atoms with van der Waals surface area (Å²) in [6.07, 6.45) is 0. The molecule has 0 aliphatic carbocycles. The molecule has 0 saturated carbocycles. The second-order valence-electron chi connectivity index (χ2n) is 3.77. The maximum atomic E-state index is 5.88. The first-order valence-electron chi connectivity index (χ1n) is 5.22. The van der Waals surface area contributed by atoms with Gasteiger partial charge in [0.15, 0.2) is 0 Å². The third-order valence-electron chi connectivity index (χ3n) is 2.31. The molecule has 0 fully saturated rings. The molecule has 0 aliphatic heterocycles. The van der Waals surface area contributed by atoms with Crippen LogP contribution in [0.1, 0.15) is 17.0 Å². The van der Waals surface area contributed by atoms with Gasteiger partial charge in [-0.3, -0.25) is 0 Å². The molecule has 0 amide bonds. The van der Waals surface area contributed by atoms with E-state index in [9.17, 15) is 0 Å². The molecule has 1 N–H and O–H groups in total. The number of nitrogens with one attached hydrogen (secondary N) is 1. The molecule has 90 valence electrons.